The fraction of sp³-hybridized carbons (Fsp3) is 0.500. The summed E-state index contributed by atoms with van der Waals surface area (Å²) in [6.07, 6.45) is 1.83. The monoisotopic (exact) mass is 292 g/mol. The number of carbonyl (C=O) groups is 2. The van der Waals surface area contributed by atoms with Gasteiger partial charge >= 0.3 is 12.0 Å². The lowest BCUT2D eigenvalue weighted by molar-refractivity contribution is -0.139. The van der Waals surface area contributed by atoms with Crippen LogP contribution in [-0.2, 0) is 11.2 Å². The summed E-state index contributed by atoms with van der Waals surface area (Å²) in [6.45, 7) is 5.92. The first kappa shape index (κ1) is 17.0. The number of carbonyl (C=O) groups excluding carboxylic acids is 1. The highest BCUT2D eigenvalue weighted by atomic mass is 16.4. The number of aliphatic carboxylic acids is 1. The highest BCUT2D eigenvalue weighted by molar-refractivity contribution is 5.83. The Balaban J connectivity index is 2.67. The molecule has 116 valence electrons. The second-order valence-electron chi connectivity index (χ2n) is 5.45. The standard InChI is InChI=1S/C16H24N2O3/c1-4-16(3,5-2)18-15(21)17-13(14(19)20)11-12-9-7-6-8-10-12/h6-10,13H,4-5,11H2,1-3H3,(H,19,20)(H2,17,18,21). The van der Waals surface area contributed by atoms with Gasteiger partial charge in [0.25, 0.3) is 0 Å². The summed E-state index contributed by atoms with van der Waals surface area (Å²) in [4.78, 5) is 23.3. The Morgan fingerprint density at radius 2 is 1.76 bits per heavy atom. The van der Waals surface area contributed by atoms with Crippen molar-refractivity contribution in [2.75, 3.05) is 0 Å². The van der Waals surface area contributed by atoms with E-state index in [2.05, 4.69) is 10.6 Å². The predicted molar refractivity (Wildman–Crippen MR) is 82.2 cm³/mol. The Morgan fingerprint density at radius 3 is 2.24 bits per heavy atom. The number of nitrogens with one attached hydrogen (secondary N) is 2. The number of carboxylic acids is 1. The topological polar surface area (TPSA) is 78.4 Å². The van der Waals surface area contributed by atoms with Gasteiger partial charge in [-0.25, -0.2) is 9.59 Å². The van der Waals surface area contributed by atoms with Crippen molar-refractivity contribution in [3.8, 4) is 0 Å². The second-order valence-corrected chi connectivity index (χ2v) is 5.45. The molecule has 1 aromatic rings. The van der Waals surface area contributed by atoms with Crippen molar-refractivity contribution in [2.24, 2.45) is 0 Å². The Kier molecular flexibility index (Phi) is 6.21. The highest BCUT2D eigenvalue weighted by Gasteiger charge is 2.25. The van der Waals surface area contributed by atoms with Gasteiger partial charge in [-0.3, -0.25) is 0 Å². The van der Waals surface area contributed by atoms with Crippen LogP contribution in [0.1, 0.15) is 39.2 Å². The SMILES string of the molecule is CCC(C)(CC)NC(=O)NC(Cc1ccccc1)C(=O)O. The number of rotatable bonds is 7. The fourth-order valence-electron chi connectivity index (χ4n) is 1.95. The molecule has 3 N–H and O–H groups in total. The van der Waals surface area contributed by atoms with Crippen LogP contribution < -0.4 is 10.6 Å². The van der Waals surface area contributed by atoms with Gasteiger partial charge in [0.1, 0.15) is 6.04 Å². The maximum absolute atomic E-state index is 12.0. The molecule has 0 aliphatic rings. The van der Waals surface area contributed by atoms with Gasteiger partial charge in [-0.2, -0.15) is 0 Å². The molecule has 0 bridgehead atoms. The minimum Gasteiger partial charge on any atom is -0.480 e. The maximum Gasteiger partial charge on any atom is 0.326 e. The van der Waals surface area contributed by atoms with E-state index in [0.29, 0.717) is 0 Å². The van der Waals surface area contributed by atoms with Gasteiger partial charge < -0.3 is 15.7 Å². The lowest BCUT2D eigenvalue weighted by Gasteiger charge is -2.29. The van der Waals surface area contributed by atoms with Crippen molar-refractivity contribution in [2.45, 2.75) is 51.6 Å². The molecule has 0 fully saturated rings. The van der Waals surface area contributed by atoms with Gasteiger partial charge in [0.2, 0.25) is 0 Å². The van der Waals surface area contributed by atoms with Crippen molar-refractivity contribution in [3.63, 3.8) is 0 Å². The molecule has 5 heteroatoms. The second kappa shape index (κ2) is 7.67. The number of benzene rings is 1. The van der Waals surface area contributed by atoms with E-state index >= 15 is 0 Å². The molecule has 0 heterocycles. The molecule has 0 aliphatic heterocycles. The zero-order valence-electron chi connectivity index (χ0n) is 12.8. The molecular formula is C16H24N2O3. The Bertz CT molecular complexity index is 470. The zero-order valence-corrected chi connectivity index (χ0v) is 12.8. The Morgan fingerprint density at radius 1 is 1.19 bits per heavy atom. The number of carboxylic acid groups (broad SMARTS) is 1. The number of urea groups is 1. The van der Waals surface area contributed by atoms with Crippen LogP contribution in [0.25, 0.3) is 0 Å². The molecule has 0 aromatic heterocycles. The van der Waals surface area contributed by atoms with Crippen molar-refractivity contribution in [1.29, 1.82) is 0 Å². The van der Waals surface area contributed by atoms with Gasteiger partial charge in [0, 0.05) is 12.0 Å². The number of hydrogen-bond donors (Lipinski definition) is 3. The van der Waals surface area contributed by atoms with Crippen molar-refractivity contribution >= 4 is 12.0 Å². The Hall–Kier alpha value is -2.04. The van der Waals surface area contributed by atoms with Crippen LogP contribution in [0.3, 0.4) is 0 Å². The summed E-state index contributed by atoms with van der Waals surface area (Å²) in [6, 6.07) is 7.87. The van der Waals surface area contributed by atoms with Gasteiger partial charge in [0.05, 0.1) is 0 Å². The van der Waals surface area contributed by atoms with Crippen LogP contribution in [0.15, 0.2) is 30.3 Å². The van der Waals surface area contributed by atoms with E-state index < -0.39 is 18.0 Å². The third kappa shape index (κ3) is 5.45. The number of hydrogen-bond acceptors (Lipinski definition) is 2. The minimum absolute atomic E-state index is 0.262. The first-order valence-corrected chi connectivity index (χ1v) is 7.25. The fourth-order valence-corrected chi connectivity index (χ4v) is 1.95. The molecule has 1 rings (SSSR count). The third-order valence-corrected chi connectivity index (χ3v) is 3.86. The van der Waals surface area contributed by atoms with Crippen molar-refractivity contribution < 1.29 is 14.7 Å². The average molecular weight is 292 g/mol. The molecule has 1 aromatic carbocycles. The van der Waals surface area contributed by atoms with Crippen LogP contribution >= 0.6 is 0 Å². The van der Waals surface area contributed by atoms with E-state index in [-0.39, 0.29) is 12.0 Å². The van der Waals surface area contributed by atoms with Gasteiger partial charge in [-0.1, -0.05) is 44.2 Å². The first-order valence-electron chi connectivity index (χ1n) is 7.25. The lowest BCUT2D eigenvalue weighted by atomic mass is 9.96. The van der Waals surface area contributed by atoms with E-state index in [1.165, 1.54) is 0 Å². The summed E-state index contributed by atoms with van der Waals surface area (Å²) in [5, 5.41) is 14.6. The third-order valence-electron chi connectivity index (χ3n) is 3.86. The maximum atomic E-state index is 12.0. The van der Waals surface area contributed by atoms with Gasteiger partial charge in [0.15, 0.2) is 0 Å². The summed E-state index contributed by atoms with van der Waals surface area (Å²) >= 11 is 0. The molecule has 0 spiro atoms. The largest absolute Gasteiger partial charge is 0.480 e. The molecule has 5 nitrogen and oxygen atoms in total. The highest BCUT2D eigenvalue weighted by Crippen LogP contribution is 2.13. The average Bonchev–Trinajstić information content (AvgIpc) is 2.47. The molecule has 0 aliphatic carbocycles. The van der Waals surface area contributed by atoms with Gasteiger partial charge in [-0.15, -0.1) is 0 Å². The van der Waals surface area contributed by atoms with Crippen LogP contribution in [0.2, 0.25) is 0 Å². The molecule has 0 radical (unpaired) electrons. The molecule has 2 amide bonds. The lowest BCUT2D eigenvalue weighted by Crippen LogP contribution is -2.54. The minimum atomic E-state index is -1.04. The van der Waals surface area contributed by atoms with Crippen LogP contribution in [0.5, 0.6) is 0 Å². The van der Waals surface area contributed by atoms with Crippen LogP contribution in [0.4, 0.5) is 4.79 Å². The van der Waals surface area contributed by atoms with Crippen LogP contribution in [-0.4, -0.2) is 28.7 Å². The molecule has 1 atom stereocenters. The molecule has 0 saturated carbocycles. The Labute approximate surface area is 125 Å². The van der Waals surface area contributed by atoms with Crippen molar-refractivity contribution in [1.82, 2.24) is 10.6 Å². The summed E-state index contributed by atoms with van der Waals surface area (Å²) in [5.41, 5.74) is 0.554. The smallest absolute Gasteiger partial charge is 0.326 e. The van der Waals surface area contributed by atoms with E-state index in [9.17, 15) is 14.7 Å². The van der Waals surface area contributed by atoms with E-state index in [4.69, 9.17) is 0 Å². The molecular weight excluding hydrogens is 268 g/mol. The molecule has 1 unspecified atom stereocenters. The summed E-state index contributed by atoms with van der Waals surface area (Å²) in [5.74, 6) is -1.04. The van der Waals surface area contributed by atoms with E-state index in [0.717, 1.165) is 18.4 Å². The molecule has 0 saturated heterocycles. The summed E-state index contributed by atoms with van der Waals surface area (Å²) in [7, 11) is 0. The molecule has 21 heavy (non-hydrogen) atoms. The number of amides is 2. The van der Waals surface area contributed by atoms with E-state index in [1.54, 1.807) is 0 Å². The van der Waals surface area contributed by atoms with E-state index in [1.807, 2.05) is 51.1 Å². The quantitative estimate of drug-likeness (QED) is 0.722. The van der Waals surface area contributed by atoms with Crippen molar-refractivity contribution in [3.05, 3.63) is 35.9 Å². The first-order chi connectivity index (χ1) is 9.90. The predicted octanol–water partition coefficient (Wildman–Crippen LogP) is 2.56. The summed E-state index contributed by atoms with van der Waals surface area (Å²) < 4.78 is 0. The zero-order chi connectivity index (χ0) is 15.9. The van der Waals surface area contributed by atoms with Crippen LogP contribution in [0, 0.1) is 0 Å². The normalized spacial score (nSPS) is 12.5. The van der Waals surface area contributed by atoms with Gasteiger partial charge in [-0.05, 0) is 25.3 Å².